The summed E-state index contributed by atoms with van der Waals surface area (Å²) in [6.45, 7) is 2.14. The van der Waals surface area contributed by atoms with E-state index >= 15 is 0 Å². The van der Waals surface area contributed by atoms with E-state index in [-0.39, 0.29) is 5.78 Å². The van der Waals surface area contributed by atoms with Crippen molar-refractivity contribution in [2.45, 2.75) is 19.8 Å². The van der Waals surface area contributed by atoms with Crippen LogP contribution in [0, 0.1) is 3.57 Å². The van der Waals surface area contributed by atoms with E-state index in [4.69, 9.17) is 0 Å². The number of carbonyl (C=O) groups excluding carboxylic acids is 1. The lowest BCUT2D eigenvalue weighted by molar-refractivity contribution is -0.115. The molecule has 0 aliphatic carbocycles. The van der Waals surface area contributed by atoms with Crippen LogP contribution in [0.5, 0.6) is 0 Å². The number of rotatable bonds is 4. The van der Waals surface area contributed by atoms with Crippen molar-refractivity contribution < 1.29 is 4.79 Å². The zero-order chi connectivity index (χ0) is 10.6. The molecule has 0 radical (unpaired) electrons. The Kier molecular flexibility index (Phi) is 5.09. The zero-order valence-electron chi connectivity index (χ0n) is 8.02. The highest BCUT2D eigenvalue weighted by molar-refractivity contribution is 14.1. The van der Waals surface area contributed by atoms with Gasteiger partial charge in [0.25, 0.3) is 0 Å². The van der Waals surface area contributed by atoms with Crippen molar-refractivity contribution >= 4 is 44.3 Å². The van der Waals surface area contributed by atoms with Crippen molar-refractivity contribution in [1.29, 1.82) is 0 Å². The standard InChI is InChI=1S/C11H12BrIO/c1-2-9-4-3-8(6-11(9)13)5-10(14)7-12/h3-4,6H,2,5,7H2,1H3. The molecule has 0 saturated heterocycles. The molecular weight excluding hydrogens is 355 g/mol. The Morgan fingerprint density at radius 1 is 1.50 bits per heavy atom. The maximum absolute atomic E-state index is 11.2. The molecule has 0 amide bonds. The molecule has 0 aliphatic heterocycles. The van der Waals surface area contributed by atoms with E-state index in [0.717, 1.165) is 12.0 Å². The summed E-state index contributed by atoms with van der Waals surface area (Å²) in [6, 6.07) is 6.25. The van der Waals surface area contributed by atoms with Crippen molar-refractivity contribution in [3.8, 4) is 0 Å². The van der Waals surface area contributed by atoms with Gasteiger partial charge in [0.1, 0.15) is 5.78 Å². The fraction of sp³-hybridized carbons (Fsp3) is 0.364. The van der Waals surface area contributed by atoms with Crippen molar-refractivity contribution in [3.05, 3.63) is 32.9 Å². The van der Waals surface area contributed by atoms with Gasteiger partial charge in [0.15, 0.2) is 0 Å². The van der Waals surface area contributed by atoms with E-state index in [1.807, 2.05) is 6.07 Å². The van der Waals surface area contributed by atoms with Crippen LogP contribution in [0.3, 0.4) is 0 Å². The molecule has 0 aliphatic rings. The number of benzene rings is 1. The van der Waals surface area contributed by atoms with Crippen molar-refractivity contribution in [2.75, 3.05) is 5.33 Å². The normalized spacial score (nSPS) is 10.2. The lowest BCUT2D eigenvalue weighted by atomic mass is 10.1. The summed E-state index contributed by atoms with van der Waals surface area (Å²) in [4.78, 5) is 11.2. The summed E-state index contributed by atoms with van der Waals surface area (Å²) in [6.07, 6.45) is 1.58. The highest BCUT2D eigenvalue weighted by atomic mass is 127. The van der Waals surface area contributed by atoms with E-state index in [1.165, 1.54) is 9.13 Å². The van der Waals surface area contributed by atoms with Crippen LogP contribution in [0.1, 0.15) is 18.1 Å². The van der Waals surface area contributed by atoms with Crippen molar-refractivity contribution in [3.63, 3.8) is 0 Å². The van der Waals surface area contributed by atoms with Gasteiger partial charge in [-0.2, -0.15) is 0 Å². The maximum Gasteiger partial charge on any atom is 0.147 e. The van der Waals surface area contributed by atoms with Gasteiger partial charge in [0.05, 0.1) is 5.33 Å². The number of halogens is 2. The van der Waals surface area contributed by atoms with Crippen LogP contribution in [-0.2, 0) is 17.6 Å². The first kappa shape index (κ1) is 12.2. The summed E-state index contributed by atoms with van der Waals surface area (Å²) in [7, 11) is 0. The van der Waals surface area contributed by atoms with Crippen LogP contribution < -0.4 is 0 Å². The Bertz CT molecular complexity index is 336. The van der Waals surface area contributed by atoms with Crippen LogP contribution in [0.2, 0.25) is 0 Å². The summed E-state index contributed by atoms with van der Waals surface area (Å²) in [5.41, 5.74) is 2.46. The lowest BCUT2D eigenvalue weighted by Gasteiger charge is -2.04. The van der Waals surface area contributed by atoms with Gasteiger partial charge in [-0.05, 0) is 46.2 Å². The second kappa shape index (κ2) is 5.85. The summed E-state index contributed by atoms with van der Waals surface area (Å²) >= 11 is 5.49. The smallest absolute Gasteiger partial charge is 0.147 e. The van der Waals surface area contributed by atoms with Crippen LogP contribution >= 0.6 is 38.5 Å². The van der Waals surface area contributed by atoms with Gasteiger partial charge in [-0.1, -0.05) is 35.0 Å². The summed E-state index contributed by atoms with van der Waals surface area (Å²) < 4.78 is 1.25. The van der Waals surface area contributed by atoms with Crippen LogP contribution in [0.4, 0.5) is 0 Å². The predicted octanol–water partition coefficient (Wildman–Crippen LogP) is 3.36. The van der Waals surface area contributed by atoms with Gasteiger partial charge in [-0.15, -0.1) is 0 Å². The summed E-state index contributed by atoms with van der Waals surface area (Å²) in [5, 5.41) is 0.444. The van der Waals surface area contributed by atoms with Crippen LogP contribution in [-0.4, -0.2) is 11.1 Å². The van der Waals surface area contributed by atoms with Gasteiger partial charge in [0.2, 0.25) is 0 Å². The Hall–Kier alpha value is 0.1000. The van der Waals surface area contributed by atoms with Gasteiger partial charge in [-0.25, -0.2) is 0 Å². The molecule has 76 valence electrons. The number of Topliss-reactive ketones (excluding diaryl/α,β-unsaturated/α-hetero) is 1. The first-order chi connectivity index (χ1) is 6.67. The first-order valence-corrected chi connectivity index (χ1v) is 6.72. The van der Waals surface area contributed by atoms with Crippen LogP contribution in [0.15, 0.2) is 18.2 Å². The topological polar surface area (TPSA) is 17.1 Å². The second-order valence-electron chi connectivity index (χ2n) is 3.13. The zero-order valence-corrected chi connectivity index (χ0v) is 11.8. The number of hydrogen-bond acceptors (Lipinski definition) is 1. The van der Waals surface area contributed by atoms with Crippen molar-refractivity contribution in [1.82, 2.24) is 0 Å². The molecule has 1 nitrogen and oxygen atoms in total. The molecule has 1 aromatic carbocycles. The largest absolute Gasteiger partial charge is 0.298 e. The predicted molar refractivity (Wildman–Crippen MR) is 71.0 cm³/mol. The number of aryl methyl sites for hydroxylation is 1. The monoisotopic (exact) mass is 366 g/mol. The molecule has 0 saturated carbocycles. The molecule has 0 aromatic heterocycles. The molecule has 1 aromatic rings. The average Bonchev–Trinajstić information content (AvgIpc) is 2.18. The highest BCUT2D eigenvalue weighted by Gasteiger charge is 2.04. The first-order valence-electron chi connectivity index (χ1n) is 4.52. The Balaban J connectivity index is 2.81. The molecule has 0 spiro atoms. The molecule has 14 heavy (non-hydrogen) atoms. The van der Waals surface area contributed by atoms with E-state index in [9.17, 15) is 4.79 Å². The molecule has 1 rings (SSSR count). The fourth-order valence-electron chi connectivity index (χ4n) is 1.26. The third-order valence-corrected chi connectivity index (χ3v) is 3.68. The Morgan fingerprint density at radius 2 is 2.21 bits per heavy atom. The van der Waals surface area contributed by atoms with E-state index < -0.39 is 0 Å². The van der Waals surface area contributed by atoms with E-state index in [1.54, 1.807) is 0 Å². The molecule has 0 N–H and O–H groups in total. The minimum atomic E-state index is 0.227. The molecule has 0 unspecified atom stereocenters. The molecule has 0 fully saturated rings. The highest BCUT2D eigenvalue weighted by Crippen LogP contribution is 2.15. The van der Waals surface area contributed by atoms with Gasteiger partial charge >= 0.3 is 0 Å². The number of ketones is 1. The minimum Gasteiger partial charge on any atom is -0.298 e. The third-order valence-electron chi connectivity index (χ3n) is 2.05. The number of hydrogen-bond donors (Lipinski definition) is 0. The maximum atomic E-state index is 11.2. The minimum absolute atomic E-state index is 0.227. The lowest BCUT2D eigenvalue weighted by Crippen LogP contribution is -2.03. The number of carbonyl (C=O) groups is 1. The Labute approximate surface area is 107 Å². The van der Waals surface area contributed by atoms with Crippen molar-refractivity contribution in [2.24, 2.45) is 0 Å². The Morgan fingerprint density at radius 3 is 2.71 bits per heavy atom. The average molecular weight is 367 g/mol. The van der Waals surface area contributed by atoms with E-state index in [0.29, 0.717) is 11.8 Å². The number of alkyl halides is 1. The van der Waals surface area contributed by atoms with E-state index in [2.05, 4.69) is 57.6 Å². The molecule has 0 bridgehead atoms. The molecule has 0 heterocycles. The molecule has 3 heteroatoms. The fourth-order valence-corrected chi connectivity index (χ4v) is 2.42. The third kappa shape index (κ3) is 3.35. The van der Waals surface area contributed by atoms with Gasteiger partial charge in [0, 0.05) is 9.99 Å². The molecule has 0 atom stereocenters. The van der Waals surface area contributed by atoms with Crippen LogP contribution in [0.25, 0.3) is 0 Å². The quantitative estimate of drug-likeness (QED) is 0.589. The van der Waals surface area contributed by atoms with Gasteiger partial charge < -0.3 is 0 Å². The SMILES string of the molecule is CCc1ccc(CC(=O)CBr)cc1I. The molecular formula is C11H12BrIO. The second-order valence-corrected chi connectivity index (χ2v) is 4.85. The summed E-state index contributed by atoms with van der Waals surface area (Å²) in [5.74, 6) is 0.227. The van der Waals surface area contributed by atoms with Gasteiger partial charge in [-0.3, -0.25) is 4.79 Å².